The summed E-state index contributed by atoms with van der Waals surface area (Å²) in [6, 6.07) is 55.4. The lowest BCUT2D eigenvalue weighted by Crippen LogP contribution is -2.16. The minimum atomic E-state index is -0.0443. The molecular formula is C49H32N4O. The first-order valence-corrected chi connectivity index (χ1v) is 18.4. The van der Waals surface area contributed by atoms with Crippen molar-refractivity contribution in [3.8, 4) is 56.7 Å². The van der Waals surface area contributed by atoms with Crippen LogP contribution in [0.4, 0.5) is 0 Å². The summed E-state index contributed by atoms with van der Waals surface area (Å²) in [4.78, 5) is 15.6. The van der Waals surface area contributed by atoms with E-state index in [1.165, 1.54) is 32.6 Å². The lowest BCUT2D eigenvalue weighted by molar-refractivity contribution is 0.269. The molecule has 7 aromatic carbocycles. The van der Waals surface area contributed by atoms with Crippen LogP contribution in [-0.4, -0.2) is 25.6 Å². The predicted molar refractivity (Wildman–Crippen MR) is 219 cm³/mol. The van der Waals surface area contributed by atoms with Crippen LogP contribution in [-0.2, 0) is 0 Å². The summed E-state index contributed by atoms with van der Waals surface area (Å²) in [7, 11) is 0. The normalized spacial score (nSPS) is 15.8. The highest BCUT2D eigenvalue weighted by Crippen LogP contribution is 2.46. The smallest absolute Gasteiger partial charge is 0.164 e. The van der Waals surface area contributed by atoms with E-state index in [0.29, 0.717) is 17.5 Å². The van der Waals surface area contributed by atoms with Gasteiger partial charge in [0.25, 0.3) is 0 Å². The predicted octanol–water partition coefficient (Wildman–Crippen LogP) is 11.8. The molecule has 3 heterocycles. The van der Waals surface area contributed by atoms with E-state index < -0.39 is 0 Å². The highest BCUT2D eigenvalue weighted by atomic mass is 16.5. The van der Waals surface area contributed by atoms with Crippen LogP contribution in [0.15, 0.2) is 182 Å². The molecule has 0 amide bonds. The van der Waals surface area contributed by atoms with Gasteiger partial charge in [0, 0.05) is 44.6 Å². The second-order valence-corrected chi connectivity index (χ2v) is 13.9. The Morgan fingerprint density at radius 2 is 1.13 bits per heavy atom. The third-order valence-corrected chi connectivity index (χ3v) is 10.8. The van der Waals surface area contributed by atoms with Crippen molar-refractivity contribution in [1.82, 2.24) is 19.5 Å². The van der Waals surface area contributed by atoms with E-state index in [-0.39, 0.29) is 12.0 Å². The summed E-state index contributed by atoms with van der Waals surface area (Å²) in [5, 5.41) is 4.93. The van der Waals surface area contributed by atoms with Gasteiger partial charge in [-0.05, 0) is 76.5 Å². The van der Waals surface area contributed by atoms with Crippen molar-refractivity contribution < 1.29 is 4.74 Å². The fraction of sp³-hybridized carbons (Fsp3) is 0.0408. The van der Waals surface area contributed by atoms with E-state index in [2.05, 4.69) is 162 Å². The SMILES string of the molecule is C1=CC2Oc3cccc(-c4nc(-c5ccc(-n6c7ccccc7c7cc8ccccc8cc76)cc5)nc(-c5ccccc5-c5ccccc5)n4)c3C2C=C1. The lowest BCUT2D eigenvalue weighted by atomic mass is 9.88. The monoisotopic (exact) mass is 692 g/mol. The Labute approximate surface area is 312 Å². The Bertz CT molecular complexity index is 2980. The Hall–Kier alpha value is -7.11. The van der Waals surface area contributed by atoms with E-state index in [4.69, 9.17) is 19.7 Å². The summed E-state index contributed by atoms with van der Waals surface area (Å²) >= 11 is 0. The summed E-state index contributed by atoms with van der Waals surface area (Å²) < 4.78 is 8.76. The van der Waals surface area contributed by atoms with Gasteiger partial charge in [0.1, 0.15) is 11.9 Å². The maximum Gasteiger partial charge on any atom is 0.164 e. The van der Waals surface area contributed by atoms with Crippen LogP contribution in [0.25, 0.3) is 83.6 Å². The van der Waals surface area contributed by atoms with Crippen LogP contribution in [0.1, 0.15) is 11.5 Å². The maximum absolute atomic E-state index is 6.40. The number of nitrogens with zero attached hydrogens (tertiary/aromatic N) is 4. The molecule has 9 aromatic rings. The summed E-state index contributed by atoms with van der Waals surface area (Å²) in [5.41, 5.74) is 9.52. The topological polar surface area (TPSA) is 52.8 Å². The molecule has 54 heavy (non-hydrogen) atoms. The average Bonchev–Trinajstić information content (AvgIpc) is 3.78. The van der Waals surface area contributed by atoms with E-state index in [0.717, 1.165) is 44.8 Å². The molecular weight excluding hydrogens is 661 g/mol. The average molecular weight is 693 g/mol. The molecule has 2 unspecified atom stereocenters. The quantitative estimate of drug-likeness (QED) is 0.180. The van der Waals surface area contributed by atoms with Gasteiger partial charge in [-0.3, -0.25) is 0 Å². The Balaban J connectivity index is 1.09. The lowest BCUT2D eigenvalue weighted by Gasteiger charge is -2.16. The Kier molecular flexibility index (Phi) is 6.92. The van der Waals surface area contributed by atoms with Crippen molar-refractivity contribution in [3.05, 3.63) is 188 Å². The summed E-state index contributed by atoms with van der Waals surface area (Å²) in [5.74, 6) is 2.82. The van der Waals surface area contributed by atoms with Gasteiger partial charge >= 0.3 is 0 Å². The minimum Gasteiger partial charge on any atom is -0.485 e. The highest BCUT2D eigenvalue weighted by molar-refractivity contribution is 6.13. The zero-order valence-electron chi connectivity index (χ0n) is 29.2. The van der Waals surface area contributed by atoms with Crippen LogP contribution in [0, 0.1) is 0 Å². The van der Waals surface area contributed by atoms with Gasteiger partial charge in [-0.25, -0.2) is 15.0 Å². The Morgan fingerprint density at radius 3 is 1.98 bits per heavy atom. The molecule has 5 nitrogen and oxygen atoms in total. The van der Waals surface area contributed by atoms with Crippen LogP contribution in [0.2, 0.25) is 0 Å². The van der Waals surface area contributed by atoms with Crippen LogP contribution >= 0.6 is 0 Å². The number of hydrogen-bond acceptors (Lipinski definition) is 4. The van der Waals surface area contributed by atoms with Gasteiger partial charge in [-0.1, -0.05) is 127 Å². The van der Waals surface area contributed by atoms with Crippen LogP contribution in [0.3, 0.4) is 0 Å². The first-order valence-electron chi connectivity index (χ1n) is 18.4. The van der Waals surface area contributed by atoms with Crippen LogP contribution < -0.4 is 4.74 Å². The number of para-hydroxylation sites is 1. The second kappa shape index (κ2) is 12.2. The maximum atomic E-state index is 6.40. The largest absolute Gasteiger partial charge is 0.485 e. The third-order valence-electron chi connectivity index (χ3n) is 10.8. The number of benzene rings is 7. The van der Waals surface area contributed by atoms with Crippen molar-refractivity contribution in [1.29, 1.82) is 0 Å². The van der Waals surface area contributed by atoms with Gasteiger partial charge in [0.05, 0.1) is 11.0 Å². The number of ether oxygens (including phenoxy) is 1. The van der Waals surface area contributed by atoms with E-state index in [1.54, 1.807) is 0 Å². The number of fused-ring (bicyclic) bond motifs is 7. The van der Waals surface area contributed by atoms with Gasteiger partial charge in [-0.15, -0.1) is 0 Å². The van der Waals surface area contributed by atoms with Crippen molar-refractivity contribution in [3.63, 3.8) is 0 Å². The molecule has 0 saturated heterocycles. The molecule has 0 bridgehead atoms. The molecule has 1 aliphatic heterocycles. The minimum absolute atomic E-state index is 0.0443. The molecule has 0 N–H and O–H groups in total. The molecule has 11 rings (SSSR count). The van der Waals surface area contributed by atoms with E-state index in [9.17, 15) is 0 Å². The Morgan fingerprint density at radius 1 is 0.463 bits per heavy atom. The van der Waals surface area contributed by atoms with Crippen LogP contribution in [0.5, 0.6) is 5.75 Å². The zero-order valence-corrected chi connectivity index (χ0v) is 29.2. The number of hydrogen-bond donors (Lipinski definition) is 0. The summed E-state index contributed by atoms with van der Waals surface area (Å²) in [6.07, 6.45) is 8.44. The van der Waals surface area contributed by atoms with Gasteiger partial charge in [0.2, 0.25) is 0 Å². The van der Waals surface area contributed by atoms with Crippen molar-refractivity contribution >= 4 is 32.6 Å². The first-order chi connectivity index (χ1) is 26.8. The molecule has 0 fully saturated rings. The number of aromatic nitrogens is 4. The molecule has 0 saturated carbocycles. The third kappa shape index (κ3) is 4.90. The molecule has 0 spiro atoms. The standard InChI is InChI=1S/C49H32N4O/c1-2-13-31(14-3-1)36-17-6-7-19-38(36)48-50-47(51-49(52-48)40-21-12-24-45-46(40)39-20-9-11-23-44(39)54-45)32-25-27-35(28-26-32)53-42-22-10-8-18-37(42)41-29-33-15-4-5-16-34(33)30-43(41)53/h1-30,39,44H. The zero-order chi connectivity index (χ0) is 35.6. The van der Waals surface area contributed by atoms with Crippen molar-refractivity contribution in [2.45, 2.75) is 12.0 Å². The number of allylic oxidation sites excluding steroid dienone is 2. The van der Waals surface area contributed by atoms with Crippen molar-refractivity contribution in [2.24, 2.45) is 0 Å². The molecule has 254 valence electrons. The van der Waals surface area contributed by atoms with E-state index >= 15 is 0 Å². The first kappa shape index (κ1) is 30.5. The fourth-order valence-electron chi connectivity index (χ4n) is 8.28. The highest BCUT2D eigenvalue weighted by Gasteiger charge is 2.35. The summed E-state index contributed by atoms with van der Waals surface area (Å²) in [6.45, 7) is 0. The molecule has 1 aliphatic carbocycles. The molecule has 5 heteroatoms. The van der Waals surface area contributed by atoms with E-state index in [1.807, 2.05) is 24.3 Å². The number of rotatable bonds is 5. The molecule has 2 atom stereocenters. The van der Waals surface area contributed by atoms with Gasteiger partial charge in [0.15, 0.2) is 17.5 Å². The molecule has 0 radical (unpaired) electrons. The van der Waals surface area contributed by atoms with Gasteiger partial charge in [-0.2, -0.15) is 0 Å². The van der Waals surface area contributed by atoms with Crippen molar-refractivity contribution in [2.75, 3.05) is 0 Å². The molecule has 2 aliphatic rings. The fourth-order valence-corrected chi connectivity index (χ4v) is 8.28. The van der Waals surface area contributed by atoms with Gasteiger partial charge < -0.3 is 9.30 Å². The molecule has 2 aromatic heterocycles. The second-order valence-electron chi connectivity index (χ2n) is 13.9.